The number of benzene rings is 1. The van der Waals surface area contributed by atoms with Gasteiger partial charge in [0.25, 0.3) is 0 Å². The molecule has 1 fully saturated rings. The summed E-state index contributed by atoms with van der Waals surface area (Å²) in [4.78, 5) is 6.94. The predicted octanol–water partition coefficient (Wildman–Crippen LogP) is 3.66. The minimum absolute atomic E-state index is 0. The van der Waals surface area contributed by atoms with E-state index in [-0.39, 0.29) is 24.0 Å². The highest BCUT2D eigenvalue weighted by Crippen LogP contribution is 2.27. The smallest absolute Gasteiger partial charge is 0.191 e. The number of nitrogens with zero attached hydrogens (tertiary/aromatic N) is 2. The second-order valence-corrected chi connectivity index (χ2v) is 7.17. The lowest BCUT2D eigenvalue weighted by molar-refractivity contribution is 0.244. The van der Waals surface area contributed by atoms with Crippen molar-refractivity contribution in [1.29, 1.82) is 0 Å². The number of likely N-dealkylation sites (tertiary alicyclic amines) is 1. The molecule has 0 aliphatic carbocycles. The van der Waals surface area contributed by atoms with Gasteiger partial charge in [0.2, 0.25) is 0 Å². The highest BCUT2D eigenvalue weighted by Gasteiger charge is 2.24. The molecule has 0 aromatic heterocycles. The molecule has 2 N–H and O–H groups in total. The van der Waals surface area contributed by atoms with Crippen LogP contribution in [0.5, 0.6) is 5.75 Å². The number of rotatable bonds is 7. The van der Waals surface area contributed by atoms with Gasteiger partial charge in [-0.3, -0.25) is 9.89 Å². The number of guanidine groups is 1. The molecule has 26 heavy (non-hydrogen) atoms. The summed E-state index contributed by atoms with van der Waals surface area (Å²) in [5.74, 6) is 2.34. The Morgan fingerprint density at radius 1 is 1.23 bits per heavy atom. The fourth-order valence-electron chi connectivity index (χ4n) is 3.13. The number of methoxy groups -OCH3 is 1. The fourth-order valence-corrected chi connectivity index (χ4v) is 3.13. The van der Waals surface area contributed by atoms with Gasteiger partial charge in [-0.15, -0.1) is 24.0 Å². The number of ether oxygens (including phenoxy) is 1. The zero-order valence-corrected chi connectivity index (χ0v) is 19.1. The average molecular weight is 474 g/mol. The van der Waals surface area contributed by atoms with Crippen molar-refractivity contribution in [2.45, 2.75) is 45.7 Å². The summed E-state index contributed by atoms with van der Waals surface area (Å²) < 4.78 is 5.42. The molecule has 2 atom stereocenters. The van der Waals surface area contributed by atoms with E-state index in [0.29, 0.717) is 18.0 Å². The van der Waals surface area contributed by atoms with Crippen LogP contribution in [0.25, 0.3) is 0 Å². The van der Waals surface area contributed by atoms with Gasteiger partial charge in [0.1, 0.15) is 5.75 Å². The molecule has 0 radical (unpaired) electrons. The normalized spacial score (nSPS) is 17.5. The van der Waals surface area contributed by atoms with Crippen LogP contribution in [0.3, 0.4) is 0 Å². The molecule has 1 aromatic rings. The van der Waals surface area contributed by atoms with Gasteiger partial charge < -0.3 is 15.4 Å². The summed E-state index contributed by atoms with van der Waals surface area (Å²) in [5, 5.41) is 7.01. The Morgan fingerprint density at radius 3 is 2.50 bits per heavy atom. The summed E-state index contributed by atoms with van der Waals surface area (Å²) in [6.45, 7) is 9.76. The molecule has 1 aromatic carbocycles. The zero-order valence-electron chi connectivity index (χ0n) is 16.8. The van der Waals surface area contributed by atoms with Crippen molar-refractivity contribution >= 4 is 29.9 Å². The van der Waals surface area contributed by atoms with Gasteiger partial charge in [0, 0.05) is 19.6 Å². The van der Waals surface area contributed by atoms with E-state index in [1.807, 2.05) is 13.1 Å². The van der Waals surface area contributed by atoms with Crippen LogP contribution in [0.2, 0.25) is 0 Å². The lowest BCUT2D eigenvalue weighted by Crippen LogP contribution is -2.46. The second-order valence-electron chi connectivity index (χ2n) is 7.17. The maximum atomic E-state index is 5.42. The van der Waals surface area contributed by atoms with E-state index < -0.39 is 0 Å². The number of halogens is 1. The topological polar surface area (TPSA) is 48.9 Å². The van der Waals surface area contributed by atoms with Crippen LogP contribution >= 0.6 is 24.0 Å². The Balaban J connectivity index is 0.00000338. The molecule has 0 bridgehead atoms. The third kappa shape index (κ3) is 6.61. The number of nitrogens with one attached hydrogen (secondary N) is 2. The van der Waals surface area contributed by atoms with E-state index in [1.165, 1.54) is 18.4 Å². The SMILES string of the molecule is CN=C(NCC(c1cccc(OC)c1)N1CCCC1)NC(C)C(C)C.I. The summed E-state index contributed by atoms with van der Waals surface area (Å²) in [6, 6.07) is 9.13. The van der Waals surface area contributed by atoms with E-state index in [4.69, 9.17) is 4.74 Å². The molecule has 0 amide bonds. The monoisotopic (exact) mass is 474 g/mol. The van der Waals surface area contributed by atoms with Crippen molar-refractivity contribution in [2.24, 2.45) is 10.9 Å². The molecule has 0 spiro atoms. The second kappa shape index (κ2) is 11.6. The molecular weight excluding hydrogens is 439 g/mol. The summed E-state index contributed by atoms with van der Waals surface area (Å²) in [6.07, 6.45) is 2.55. The van der Waals surface area contributed by atoms with Crippen molar-refractivity contribution in [3.05, 3.63) is 29.8 Å². The lowest BCUT2D eigenvalue weighted by Gasteiger charge is -2.30. The Morgan fingerprint density at radius 2 is 1.92 bits per heavy atom. The molecule has 1 saturated heterocycles. The highest BCUT2D eigenvalue weighted by molar-refractivity contribution is 14.0. The largest absolute Gasteiger partial charge is 0.497 e. The van der Waals surface area contributed by atoms with Gasteiger partial charge in [0.05, 0.1) is 13.2 Å². The van der Waals surface area contributed by atoms with Crippen molar-refractivity contribution in [2.75, 3.05) is 33.8 Å². The molecule has 1 heterocycles. The van der Waals surface area contributed by atoms with Crippen LogP contribution in [-0.4, -0.2) is 50.7 Å². The van der Waals surface area contributed by atoms with E-state index in [2.05, 4.69) is 59.5 Å². The van der Waals surface area contributed by atoms with Crippen LogP contribution in [-0.2, 0) is 0 Å². The summed E-state index contributed by atoms with van der Waals surface area (Å²) in [7, 11) is 3.56. The van der Waals surface area contributed by atoms with Gasteiger partial charge in [-0.05, 0) is 56.5 Å². The maximum absolute atomic E-state index is 5.42. The van der Waals surface area contributed by atoms with Crippen LogP contribution in [0.4, 0.5) is 0 Å². The van der Waals surface area contributed by atoms with Crippen molar-refractivity contribution < 1.29 is 4.74 Å². The van der Waals surface area contributed by atoms with Gasteiger partial charge in [-0.2, -0.15) is 0 Å². The number of hydrogen-bond acceptors (Lipinski definition) is 3. The number of hydrogen-bond donors (Lipinski definition) is 2. The molecular formula is C20H35IN4O. The molecule has 5 nitrogen and oxygen atoms in total. The Bertz CT molecular complexity index is 558. The highest BCUT2D eigenvalue weighted by atomic mass is 127. The molecule has 2 rings (SSSR count). The first kappa shape index (κ1) is 23.0. The molecule has 6 heteroatoms. The third-order valence-electron chi connectivity index (χ3n) is 5.11. The lowest BCUT2D eigenvalue weighted by atomic mass is 10.0. The van der Waals surface area contributed by atoms with Gasteiger partial charge >= 0.3 is 0 Å². The van der Waals surface area contributed by atoms with Crippen LogP contribution < -0.4 is 15.4 Å². The quantitative estimate of drug-likeness (QED) is 0.360. The van der Waals surface area contributed by atoms with Crippen LogP contribution in [0, 0.1) is 5.92 Å². The standard InChI is InChI=1S/C20H34N4O.HI/c1-15(2)16(3)23-20(21-4)22-14-19(24-11-6-7-12-24)17-9-8-10-18(13-17)25-5;/h8-10,13,15-16,19H,6-7,11-12,14H2,1-5H3,(H2,21,22,23);1H. The van der Waals surface area contributed by atoms with Gasteiger partial charge in [-0.1, -0.05) is 26.0 Å². The zero-order chi connectivity index (χ0) is 18.2. The molecule has 1 aliphatic rings. The van der Waals surface area contributed by atoms with Crippen molar-refractivity contribution in [3.8, 4) is 5.75 Å². The van der Waals surface area contributed by atoms with Crippen molar-refractivity contribution in [1.82, 2.24) is 15.5 Å². The van der Waals surface area contributed by atoms with E-state index >= 15 is 0 Å². The Hall–Kier alpha value is -1.02. The average Bonchev–Trinajstić information content (AvgIpc) is 3.15. The van der Waals surface area contributed by atoms with Crippen LogP contribution in [0.15, 0.2) is 29.3 Å². The summed E-state index contributed by atoms with van der Waals surface area (Å²) in [5.41, 5.74) is 1.29. The van der Waals surface area contributed by atoms with Crippen LogP contribution in [0.1, 0.15) is 45.2 Å². The molecule has 0 saturated carbocycles. The van der Waals surface area contributed by atoms with Crippen molar-refractivity contribution in [3.63, 3.8) is 0 Å². The Kier molecular flexibility index (Phi) is 10.3. The first-order valence-electron chi connectivity index (χ1n) is 9.40. The van der Waals surface area contributed by atoms with E-state index in [0.717, 1.165) is 31.3 Å². The first-order valence-corrected chi connectivity index (χ1v) is 9.40. The first-order chi connectivity index (χ1) is 12.0. The molecule has 2 unspecified atom stereocenters. The maximum Gasteiger partial charge on any atom is 0.191 e. The van der Waals surface area contributed by atoms with Gasteiger partial charge in [0.15, 0.2) is 5.96 Å². The number of aliphatic imine (C=N–C) groups is 1. The molecule has 148 valence electrons. The fraction of sp³-hybridized carbons (Fsp3) is 0.650. The predicted molar refractivity (Wildman–Crippen MR) is 121 cm³/mol. The van der Waals surface area contributed by atoms with Gasteiger partial charge in [-0.25, -0.2) is 0 Å². The van der Waals surface area contributed by atoms with E-state index in [1.54, 1.807) is 7.11 Å². The minimum atomic E-state index is 0. The minimum Gasteiger partial charge on any atom is -0.497 e. The summed E-state index contributed by atoms with van der Waals surface area (Å²) >= 11 is 0. The van der Waals surface area contributed by atoms with E-state index in [9.17, 15) is 0 Å². The molecule has 1 aliphatic heterocycles. The Labute approximate surface area is 176 Å². The third-order valence-corrected chi connectivity index (χ3v) is 5.11.